The zero-order valence-electron chi connectivity index (χ0n) is 26.0. The highest BCUT2D eigenvalue weighted by Crippen LogP contribution is 2.64. The van der Waals surface area contributed by atoms with Crippen LogP contribution in [0.4, 0.5) is 5.69 Å². The van der Waals surface area contributed by atoms with Gasteiger partial charge in [0, 0.05) is 18.0 Å². The zero-order valence-corrected chi connectivity index (χ0v) is 29.1. The van der Waals surface area contributed by atoms with Crippen LogP contribution >= 0.6 is 39.1 Å². The van der Waals surface area contributed by atoms with Gasteiger partial charge in [-0.05, 0) is 88.3 Å². The maximum atomic E-state index is 15.3. The van der Waals surface area contributed by atoms with Crippen LogP contribution < -0.4 is 14.9 Å². The molecular formula is C35H30BrCl2N3O7. The highest BCUT2D eigenvalue weighted by atomic mass is 79.9. The molecule has 248 valence electrons. The number of nitrogens with zero attached hydrogens (tertiary/aromatic N) is 2. The second-order valence-electron chi connectivity index (χ2n) is 12.5. The summed E-state index contributed by atoms with van der Waals surface area (Å²) in [5.41, 5.74) is 3.63. The number of hydrogen-bond donors (Lipinski definition) is 2. The van der Waals surface area contributed by atoms with E-state index < -0.39 is 46.8 Å². The molecule has 3 aromatic carbocycles. The minimum Gasteiger partial charge on any atom is -0.503 e. The first-order valence-corrected chi connectivity index (χ1v) is 16.8. The van der Waals surface area contributed by atoms with Crippen molar-refractivity contribution in [3.05, 3.63) is 91.9 Å². The van der Waals surface area contributed by atoms with Gasteiger partial charge in [-0.15, -0.1) is 0 Å². The van der Waals surface area contributed by atoms with E-state index in [1.807, 2.05) is 6.08 Å². The molecule has 2 heterocycles. The first-order valence-electron chi connectivity index (χ1n) is 15.3. The Morgan fingerprint density at radius 3 is 2.33 bits per heavy atom. The second-order valence-corrected chi connectivity index (χ2v) is 14.2. The lowest BCUT2D eigenvalue weighted by molar-refractivity contribution is -0.140. The molecule has 2 aliphatic heterocycles. The van der Waals surface area contributed by atoms with Crippen LogP contribution in [0.2, 0.25) is 10.0 Å². The SMILES string of the molecule is COc1ccc(C23C(=O)N(Nc4ccc(Cl)cc4Cl)C(=O)C2CC2C(=CCC4C(=O)N(C)C(=O)C42)C3c2cc(Br)c(O)c(OC)c2)cc1. The molecule has 2 saturated heterocycles. The first-order chi connectivity index (χ1) is 22.9. The molecule has 3 aromatic rings. The summed E-state index contributed by atoms with van der Waals surface area (Å²) >= 11 is 16.1. The Bertz CT molecular complexity index is 1940. The molecule has 0 aromatic heterocycles. The van der Waals surface area contributed by atoms with Gasteiger partial charge >= 0.3 is 0 Å². The van der Waals surface area contributed by atoms with Crippen LogP contribution in [-0.4, -0.2) is 59.9 Å². The molecule has 3 fully saturated rings. The molecule has 2 aliphatic carbocycles. The Labute approximate surface area is 294 Å². The number of anilines is 1. The summed E-state index contributed by atoms with van der Waals surface area (Å²) in [5, 5.41) is 12.4. The average molecular weight is 755 g/mol. The zero-order chi connectivity index (χ0) is 34.2. The van der Waals surface area contributed by atoms with Gasteiger partial charge < -0.3 is 14.6 Å². The quantitative estimate of drug-likeness (QED) is 0.229. The molecular weight excluding hydrogens is 725 g/mol. The van der Waals surface area contributed by atoms with Gasteiger partial charge in [0.2, 0.25) is 11.8 Å². The highest BCUT2D eigenvalue weighted by Gasteiger charge is 2.70. The summed E-state index contributed by atoms with van der Waals surface area (Å²) in [6, 6.07) is 15.1. The van der Waals surface area contributed by atoms with Crippen molar-refractivity contribution in [2.24, 2.45) is 23.7 Å². The smallest absolute Gasteiger partial charge is 0.260 e. The molecule has 4 aliphatic rings. The summed E-state index contributed by atoms with van der Waals surface area (Å²) in [7, 11) is 4.44. The minimum atomic E-state index is -1.54. The summed E-state index contributed by atoms with van der Waals surface area (Å²) in [6.07, 6.45) is 2.39. The largest absolute Gasteiger partial charge is 0.503 e. The maximum Gasteiger partial charge on any atom is 0.260 e. The molecule has 0 spiro atoms. The third-order valence-corrected chi connectivity index (χ3v) is 11.6. The number of nitrogens with one attached hydrogen (secondary N) is 1. The molecule has 0 radical (unpaired) electrons. The Hall–Kier alpha value is -4.06. The number of phenols is 1. The van der Waals surface area contributed by atoms with Gasteiger partial charge in [-0.25, -0.2) is 0 Å². The topological polar surface area (TPSA) is 125 Å². The third-order valence-electron chi connectivity index (χ3n) is 10.4. The molecule has 1 saturated carbocycles. The number of benzene rings is 3. The van der Waals surface area contributed by atoms with Gasteiger partial charge in [-0.1, -0.05) is 47.0 Å². The number of allylic oxidation sites excluding steroid dienone is 2. The number of amides is 4. The number of imide groups is 2. The molecule has 48 heavy (non-hydrogen) atoms. The van der Waals surface area contributed by atoms with Crippen LogP contribution in [0.5, 0.6) is 17.2 Å². The number of carbonyl (C=O) groups excluding carboxylic acids is 4. The summed E-state index contributed by atoms with van der Waals surface area (Å²) < 4.78 is 11.3. The van der Waals surface area contributed by atoms with Crippen molar-refractivity contribution in [3.8, 4) is 17.2 Å². The highest BCUT2D eigenvalue weighted by molar-refractivity contribution is 9.10. The summed E-state index contributed by atoms with van der Waals surface area (Å²) in [4.78, 5) is 58.0. The number of fused-ring (bicyclic) bond motifs is 4. The van der Waals surface area contributed by atoms with E-state index in [0.717, 1.165) is 10.6 Å². The van der Waals surface area contributed by atoms with E-state index in [1.54, 1.807) is 48.5 Å². The van der Waals surface area contributed by atoms with Crippen molar-refractivity contribution in [1.82, 2.24) is 9.91 Å². The van der Waals surface area contributed by atoms with Gasteiger partial charge in [0.05, 0.1) is 52.6 Å². The van der Waals surface area contributed by atoms with E-state index in [0.29, 0.717) is 38.5 Å². The fourth-order valence-corrected chi connectivity index (χ4v) is 9.20. The number of methoxy groups -OCH3 is 2. The van der Waals surface area contributed by atoms with Crippen LogP contribution in [-0.2, 0) is 24.6 Å². The van der Waals surface area contributed by atoms with Gasteiger partial charge in [-0.3, -0.25) is 29.5 Å². The summed E-state index contributed by atoms with van der Waals surface area (Å²) in [5.74, 6) is -4.61. The van der Waals surface area contributed by atoms with Crippen molar-refractivity contribution in [3.63, 3.8) is 0 Å². The fourth-order valence-electron chi connectivity index (χ4n) is 8.29. The molecule has 7 rings (SSSR count). The third kappa shape index (κ3) is 4.58. The van der Waals surface area contributed by atoms with Gasteiger partial charge in [0.15, 0.2) is 11.5 Å². The number of hydrazine groups is 1. The van der Waals surface area contributed by atoms with Crippen LogP contribution in [0.3, 0.4) is 0 Å². The minimum absolute atomic E-state index is 0.131. The predicted octanol–water partition coefficient (Wildman–Crippen LogP) is 6.09. The normalized spacial score (nSPS) is 27.8. The molecule has 10 nitrogen and oxygen atoms in total. The number of carbonyl (C=O) groups is 4. The van der Waals surface area contributed by atoms with Gasteiger partial charge in [0.1, 0.15) is 5.75 Å². The molecule has 2 N–H and O–H groups in total. The van der Waals surface area contributed by atoms with E-state index in [2.05, 4.69) is 21.4 Å². The number of halogens is 3. The monoisotopic (exact) mass is 753 g/mol. The van der Waals surface area contributed by atoms with E-state index in [-0.39, 0.29) is 34.8 Å². The lowest BCUT2D eigenvalue weighted by Gasteiger charge is -2.50. The van der Waals surface area contributed by atoms with Gasteiger partial charge in [-0.2, -0.15) is 5.01 Å². The number of likely N-dealkylation sites (tertiary alicyclic amines) is 1. The number of phenolic OH excluding ortho intramolecular Hbond substituents is 1. The van der Waals surface area contributed by atoms with E-state index >= 15 is 4.79 Å². The molecule has 0 bridgehead atoms. The van der Waals surface area contributed by atoms with E-state index in [9.17, 15) is 19.5 Å². The van der Waals surface area contributed by atoms with Crippen LogP contribution in [0.1, 0.15) is 29.9 Å². The Balaban J connectivity index is 1.50. The molecule has 4 amide bonds. The number of aromatic hydroxyl groups is 1. The van der Waals surface area contributed by atoms with Crippen molar-refractivity contribution in [2.45, 2.75) is 24.2 Å². The first kappa shape index (κ1) is 32.5. The van der Waals surface area contributed by atoms with Gasteiger partial charge in [0.25, 0.3) is 11.8 Å². The number of rotatable bonds is 6. The van der Waals surface area contributed by atoms with Crippen molar-refractivity contribution < 1.29 is 33.8 Å². The van der Waals surface area contributed by atoms with E-state index in [4.69, 9.17) is 32.7 Å². The maximum absolute atomic E-state index is 15.3. The second kappa shape index (κ2) is 11.8. The lowest BCUT2D eigenvalue weighted by atomic mass is 9.49. The average Bonchev–Trinajstić information content (AvgIpc) is 3.43. The van der Waals surface area contributed by atoms with E-state index in [1.165, 1.54) is 32.2 Å². The van der Waals surface area contributed by atoms with Crippen molar-refractivity contribution in [2.75, 3.05) is 26.7 Å². The van der Waals surface area contributed by atoms with Crippen LogP contribution in [0.15, 0.2) is 70.7 Å². The molecule has 13 heteroatoms. The Morgan fingerprint density at radius 2 is 1.67 bits per heavy atom. The standard InChI is InChI=1S/C35H30BrCl2N3O7/c1-40-31(43)21-10-9-20-22(28(21)33(40)45)15-23-32(44)41(39-26-11-6-18(37)14-25(26)38)34(46)35(23,17-4-7-19(47-2)8-5-17)29(20)16-12-24(36)30(42)27(13-16)48-3/h4-9,11-14,21-23,28-29,39,42H,10,15H2,1-3H3. The Kier molecular flexibility index (Phi) is 8.00. The predicted molar refractivity (Wildman–Crippen MR) is 181 cm³/mol. The van der Waals surface area contributed by atoms with Crippen LogP contribution in [0, 0.1) is 23.7 Å². The molecule has 6 unspecified atom stereocenters. The number of ether oxygens (including phenoxy) is 2. The van der Waals surface area contributed by atoms with Crippen LogP contribution in [0.25, 0.3) is 0 Å². The lowest BCUT2D eigenvalue weighted by Crippen LogP contribution is -2.53. The fraction of sp³-hybridized carbons (Fsp3) is 0.314. The Morgan fingerprint density at radius 1 is 0.938 bits per heavy atom. The number of hydrogen-bond acceptors (Lipinski definition) is 8. The van der Waals surface area contributed by atoms with Crippen molar-refractivity contribution >= 4 is 68.4 Å². The summed E-state index contributed by atoms with van der Waals surface area (Å²) in [6.45, 7) is 0. The molecule has 6 atom stereocenters. The van der Waals surface area contributed by atoms with Crippen molar-refractivity contribution in [1.29, 1.82) is 0 Å².